The average Bonchev–Trinajstić information content (AvgIpc) is 2.81. The first-order chi connectivity index (χ1) is 8.49. The molecule has 0 unspecified atom stereocenters. The Kier molecular flexibility index (Phi) is 2.93. The van der Waals surface area contributed by atoms with Gasteiger partial charge in [-0.2, -0.15) is 10.1 Å². The fourth-order valence-electron chi connectivity index (χ4n) is 1.19. The molecule has 2 N–H and O–H groups in total. The highest BCUT2D eigenvalue weighted by Crippen LogP contribution is 2.17. The van der Waals surface area contributed by atoms with Gasteiger partial charge in [-0.3, -0.25) is 10.1 Å². The molecule has 0 aliphatic carbocycles. The first kappa shape index (κ1) is 12.0. The third-order valence-corrected chi connectivity index (χ3v) is 3.36. The first-order valence-electron chi connectivity index (χ1n) is 4.62. The van der Waals surface area contributed by atoms with Gasteiger partial charge in [-0.1, -0.05) is 0 Å². The summed E-state index contributed by atoms with van der Waals surface area (Å²) in [6.45, 7) is 0. The quantitative estimate of drug-likeness (QED) is 0.614. The summed E-state index contributed by atoms with van der Waals surface area (Å²) in [5.41, 5.74) is -0.186. The Bertz CT molecular complexity index is 649. The van der Waals surface area contributed by atoms with Gasteiger partial charge in [0.15, 0.2) is 0 Å². The highest BCUT2D eigenvalue weighted by molar-refractivity contribution is 7.92. The van der Waals surface area contributed by atoms with Crippen molar-refractivity contribution in [2.24, 2.45) is 0 Å². The molecule has 1 aromatic heterocycles. The summed E-state index contributed by atoms with van der Waals surface area (Å²) in [4.78, 5) is 13.3. The summed E-state index contributed by atoms with van der Waals surface area (Å²) in [7, 11) is -3.83. The number of nitrogens with zero attached hydrogens (tertiary/aromatic N) is 3. The van der Waals surface area contributed by atoms with Crippen molar-refractivity contribution < 1.29 is 13.3 Å². The van der Waals surface area contributed by atoms with E-state index in [1.807, 2.05) is 0 Å². The number of aromatic nitrogens is 3. The SMILES string of the molecule is O=[N+]([O-])c1ccc(S(=O)(=O)Nc2ncn[nH]2)cc1. The summed E-state index contributed by atoms with van der Waals surface area (Å²) in [5, 5.41) is 16.3. The molecule has 9 nitrogen and oxygen atoms in total. The van der Waals surface area contributed by atoms with Gasteiger partial charge in [0.2, 0.25) is 5.95 Å². The summed E-state index contributed by atoms with van der Waals surface area (Å²) in [6, 6.07) is 4.48. The molecule has 0 aliphatic heterocycles. The molecule has 0 fully saturated rings. The number of benzene rings is 1. The van der Waals surface area contributed by atoms with E-state index in [1.54, 1.807) is 0 Å². The van der Waals surface area contributed by atoms with Gasteiger partial charge in [-0.25, -0.2) is 18.2 Å². The van der Waals surface area contributed by atoms with E-state index < -0.39 is 14.9 Å². The number of non-ortho nitro benzene ring substituents is 1. The van der Waals surface area contributed by atoms with Crippen LogP contribution in [0.4, 0.5) is 11.6 Å². The van der Waals surface area contributed by atoms with E-state index >= 15 is 0 Å². The Morgan fingerprint density at radius 3 is 2.44 bits per heavy atom. The lowest BCUT2D eigenvalue weighted by Gasteiger charge is -2.04. The highest BCUT2D eigenvalue weighted by Gasteiger charge is 2.16. The molecule has 2 rings (SSSR count). The molecular formula is C8H7N5O4S. The minimum absolute atomic E-state index is 0.0339. The van der Waals surface area contributed by atoms with E-state index in [0.717, 1.165) is 30.6 Å². The zero-order valence-electron chi connectivity index (χ0n) is 8.77. The Morgan fingerprint density at radius 1 is 1.28 bits per heavy atom. The molecule has 0 amide bonds. The third-order valence-electron chi connectivity index (χ3n) is 2.00. The second-order valence-electron chi connectivity index (χ2n) is 3.19. The number of anilines is 1. The molecule has 2 aromatic rings. The maximum absolute atomic E-state index is 11.8. The van der Waals surface area contributed by atoms with Crippen molar-refractivity contribution in [3.63, 3.8) is 0 Å². The van der Waals surface area contributed by atoms with Crippen molar-refractivity contribution in [2.75, 3.05) is 4.72 Å². The van der Waals surface area contributed by atoms with Crippen LogP contribution in [0, 0.1) is 10.1 Å². The van der Waals surface area contributed by atoms with Gasteiger partial charge in [0.1, 0.15) is 6.33 Å². The van der Waals surface area contributed by atoms with E-state index in [1.165, 1.54) is 0 Å². The predicted molar refractivity (Wildman–Crippen MR) is 60.3 cm³/mol. The van der Waals surface area contributed by atoms with E-state index in [-0.39, 0.29) is 16.5 Å². The van der Waals surface area contributed by atoms with Crippen molar-refractivity contribution in [3.05, 3.63) is 40.7 Å². The van der Waals surface area contributed by atoms with Crippen LogP contribution >= 0.6 is 0 Å². The van der Waals surface area contributed by atoms with Gasteiger partial charge < -0.3 is 0 Å². The van der Waals surface area contributed by atoms with Gasteiger partial charge in [-0.15, -0.1) is 0 Å². The van der Waals surface area contributed by atoms with E-state index in [0.29, 0.717) is 0 Å². The molecule has 10 heteroatoms. The van der Waals surface area contributed by atoms with Gasteiger partial charge in [0.25, 0.3) is 15.7 Å². The largest absolute Gasteiger partial charge is 0.269 e. The zero-order chi connectivity index (χ0) is 13.2. The third kappa shape index (κ3) is 2.43. The lowest BCUT2D eigenvalue weighted by molar-refractivity contribution is -0.384. The molecule has 18 heavy (non-hydrogen) atoms. The van der Waals surface area contributed by atoms with Crippen LogP contribution in [0.25, 0.3) is 0 Å². The van der Waals surface area contributed by atoms with Crippen LogP contribution in [-0.2, 0) is 10.0 Å². The fraction of sp³-hybridized carbons (Fsp3) is 0. The van der Waals surface area contributed by atoms with Crippen LogP contribution in [-0.4, -0.2) is 28.5 Å². The number of aromatic amines is 1. The summed E-state index contributed by atoms with van der Waals surface area (Å²) < 4.78 is 25.8. The normalized spacial score (nSPS) is 11.1. The topological polar surface area (TPSA) is 131 Å². The van der Waals surface area contributed by atoms with E-state index in [4.69, 9.17) is 0 Å². The van der Waals surface area contributed by atoms with Crippen LogP contribution in [0.15, 0.2) is 35.5 Å². The smallest absolute Gasteiger partial charge is 0.258 e. The molecule has 0 saturated heterocycles. The molecule has 0 spiro atoms. The molecular weight excluding hydrogens is 262 g/mol. The second kappa shape index (κ2) is 4.41. The van der Waals surface area contributed by atoms with Crippen molar-refractivity contribution in [2.45, 2.75) is 4.90 Å². The summed E-state index contributed by atoms with van der Waals surface area (Å²) in [6.07, 6.45) is 1.15. The molecule has 0 bridgehead atoms. The minimum Gasteiger partial charge on any atom is -0.258 e. The summed E-state index contributed by atoms with van der Waals surface area (Å²) in [5.74, 6) is -0.0339. The second-order valence-corrected chi connectivity index (χ2v) is 4.87. The van der Waals surface area contributed by atoms with Crippen molar-refractivity contribution >= 4 is 21.7 Å². The maximum atomic E-state index is 11.8. The number of nitrogens with one attached hydrogen (secondary N) is 2. The number of nitro groups is 1. The molecule has 0 atom stereocenters. The monoisotopic (exact) mass is 269 g/mol. The van der Waals surface area contributed by atoms with Gasteiger partial charge in [-0.05, 0) is 12.1 Å². The summed E-state index contributed by atoms with van der Waals surface area (Å²) >= 11 is 0. The minimum atomic E-state index is -3.83. The van der Waals surface area contributed by atoms with Gasteiger partial charge >= 0.3 is 0 Å². The van der Waals surface area contributed by atoms with Crippen LogP contribution in [0.2, 0.25) is 0 Å². The molecule has 0 radical (unpaired) electrons. The zero-order valence-corrected chi connectivity index (χ0v) is 9.59. The number of hydrogen-bond donors (Lipinski definition) is 2. The molecule has 0 aliphatic rings. The standard InChI is InChI=1S/C8H7N5O4S/c14-13(15)6-1-3-7(4-2-6)18(16,17)12-8-9-5-10-11-8/h1-5H,(H2,9,10,11,12). The van der Waals surface area contributed by atoms with Crippen LogP contribution in [0.3, 0.4) is 0 Å². The Labute approximate surface area is 101 Å². The molecule has 94 valence electrons. The molecule has 0 saturated carbocycles. The molecule has 1 heterocycles. The van der Waals surface area contributed by atoms with Gasteiger partial charge in [0, 0.05) is 12.1 Å². The number of rotatable bonds is 4. The van der Waals surface area contributed by atoms with E-state index in [9.17, 15) is 18.5 Å². The number of sulfonamides is 1. The Morgan fingerprint density at radius 2 is 1.94 bits per heavy atom. The average molecular weight is 269 g/mol. The Balaban J connectivity index is 2.27. The maximum Gasteiger partial charge on any atom is 0.269 e. The van der Waals surface area contributed by atoms with Crippen LogP contribution < -0.4 is 4.72 Å². The van der Waals surface area contributed by atoms with Crippen LogP contribution in [0.1, 0.15) is 0 Å². The van der Waals surface area contributed by atoms with Crippen molar-refractivity contribution in [1.82, 2.24) is 15.2 Å². The highest BCUT2D eigenvalue weighted by atomic mass is 32.2. The lowest BCUT2D eigenvalue weighted by Crippen LogP contribution is -2.13. The van der Waals surface area contributed by atoms with E-state index in [2.05, 4.69) is 19.9 Å². The van der Waals surface area contributed by atoms with Gasteiger partial charge in [0.05, 0.1) is 9.82 Å². The first-order valence-corrected chi connectivity index (χ1v) is 6.10. The number of H-pyrrole nitrogens is 1. The predicted octanol–water partition coefficient (Wildman–Crippen LogP) is 0.514. The van der Waals surface area contributed by atoms with Crippen molar-refractivity contribution in [3.8, 4) is 0 Å². The number of hydrogen-bond acceptors (Lipinski definition) is 6. The number of nitro benzene ring substituents is 1. The van der Waals surface area contributed by atoms with Crippen LogP contribution in [0.5, 0.6) is 0 Å². The fourth-order valence-corrected chi connectivity index (χ4v) is 2.15. The molecule has 1 aromatic carbocycles. The Hall–Kier alpha value is -2.49. The van der Waals surface area contributed by atoms with Crippen molar-refractivity contribution in [1.29, 1.82) is 0 Å². The lowest BCUT2D eigenvalue weighted by atomic mass is 10.3.